The number of piperidine rings is 1. The molecule has 0 saturated carbocycles. The fourth-order valence-electron chi connectivity index (χ4n) is 4.34. The largest absolute Gasteiger partial charge is 0.494 e. The summed E-state index contributed by atoms with van der Waals surface area (Å²) in [4.78, 5) is 19.3. The lowest BCUT2D eigenvalue weighted by Crippen LogP contribution is -2.57. The van der Waals surface area contributed by atoms with Crippen LogP contribution in [0.3, 0.4) is 0 Å². The third-order valence-electron chi connectivity index (χ3n) is 6.50. The molecule has 1 aromatic heterocycles. The zero-order valence-electron chi connectivity index (χ0n) is 20.6. The van der Waals surface area contributed by atoms with Gasteiger partial charge in [0.25, 0.3) is 5.91 Å². The number of benzene rings is 2. The van der Waals surface area contributed by atoms with Crippen LogP contribution in [0.25, 0.3) is 10.2 Å². The molecule has 0 spiro atoms. The van der Waals surface area contributed by atoms with Gasteiger partial charge in [-0.25, -0.2) is 18.9 Å². The Morgan fingerprint density at radius 3 is 2.57 bits per heavy atom. The Hall–Kier alpha value is -2.22. The number of likely N-dealkylation sites (tertiary alicyclic amines) is 1. The van der Waals surface area contributed by atoms with Gasteiger partial charge >= 0.3 is 0 Å². The number of hydrogen-bond acceptors (Lipinski definition) is 10. The Morgan fingerprint density at radius 1 is 1.16 bits per heavy atom. The summed E-state index contributed by atoms with van der Waals surface area (Å²) >= 11 is 3.37. The standard InChI is InChI=1S/C25H31N3O6S3/c1-33-17-15-28-13-11-25(12-14-28,23(29)27-30)37(31,32)20-9-7-19(8-10-20)34-16-4-18-35-24-26-21-5-2-3-6-22(21)36-24/h2-3,5-10,30H,4,11-18H2,1H3,(H,27,29). The van der Waals surface area contributed by atoms with Crippen molar-refractivity contribution in [2.24, 2.45) is 0 Å². The van der Waals surface area contributed by atoms with Crippen LogP contribution in [0, 0.1) is 0 Å². The molecule has 2 N–H and O–H groups in total. The lowest BCUT2D eigenvalue weighted by atomic mass is 9.95. The minimum Gasteiger partial charge on any atom is -0.494 e. The first-order chi connectivity index (χ1) is 17.9. The number of aromatic nitrogens is 1. The van der Waals surface area contributed by atoms with Crippen LogP contribution in [0.4, 0.5) is 0 Å². The lowest BCUT2D eigenvalue weighted by Gasteiger charge is -2.39. The van der Waals surface area contributed by atoms with Crippen LogP contribution in [0.2, 0.25) is 0 Å². The summed E-state index contributed by atoms with van der Waals surface area (Å²) in [7, 11) is -2.46. The van der Waals surface area contributed by atoms with Crippen LogP contribution < -0.4 is 10.2 Å². The van der Waals surface area contributed by atoms with Crippen LogP contribution >= 0.6 is 23.1 Å². The van der Waals surface area contributed by atoms with Crippen molar-refractivity contribution in [1.82, 2.24) is 15.4 Å². The van der Waals surface area contributed by atoms with E-state index in [9.17, 15) is 18.4 Å². The first-order valence-corrected chi connectivity index (χ1v) is 15.3. The molecule has 200 valence electrons. The van der Waals surface area contributed by atoms with Gasteiger partial charge in [-0.05, 0) is 55.7 Å². The monoisotopic (exact) mass is 565 g/mol. The molecular formula is C25H31N3O6S3. The van der Waals surface area contributed by atoms with E-state index in [1.165, 1.54) is 16.8 Å². The second-order valence-electron chi connectivity index (χ2n) is 8.74. The van der Waals surface area contributed by atoms with E-state index in [1.54, 1.807) is 47.8 Å². The smallest absolute Gasteiger partial charge is 0.265 e. The van der Waals surface area contributed by atoms with Gasteiger partial charge < -0.3 is 14.4 Å². The molecule has 0 bridgehead atoms. The summed E-state index contributed by atoms with van der Waals surface area (Å²) in [6.07, 6.45) is 0.964. The molecule has 1 amide bonds. The van der Waals surface area contributed by atoms with Crippen LogP contribution in [0.15, 0.2) is 57.8 Å². The third kappa shape index (κ3) is 6.27. The highest BCUT2D eigenvalue weighted by Crippen LogP contribution is 2.36. The Kier molecular flexibility index (Phi) is 9.43. The molecule has 0 atom stereocenters. The van der Waals surface area contributed by atoms with E-state index in [1.807, 2.05) is 23.1 Å². The van der Waals surface area contributed by atoms with Crippen molar-refractivity contribution in [3.05, 3.63) is 48.5 Å². The Bertz CT molecular complexity index is 1260. The van der Waals surface area contributed by atoms with Crippen LogP contribution in [-0.4, -0.2) is 79.9 Å². The maximum atomic E-state index is 13.6. The van der Waals surface area contributed by atoms with E-state index in [0.29, 0.717) is 38.6 Å². The average molecular weight is 566 g/mol. The predicted octanol–water partition coefficient (Wildman–Crippen LogP) is 3.62. The molecule has 1 aliphatic rings. The average Bonchev–Trinajstić information content (AvgIpc) is 3.34. The van der Waals surface area contributed by atoms with Gasteiger partial charge in [-0.1, -0.05) is 23.9 Å². The number of hydrogen-bond donors (Lipinski definition) is 2. The number of para-hydroxylation sites is 1. The molecule has 12 heteroatoms. The van der Waals surface area contributed by atoms with E-state index < -0.39 is 20.5 Å². The predicted molar refractivity (Wildman–Crippen MR) is 144 cm³/mol. The van der Waals surface area contributed by atoms with Crippen LogP contribution in [-0.2, 0) is 19.4 Å². The molecule has 3 aromatic rings. The Balaban J connectivity index is 1.32. The highest BCUT2D eigenvalue weighted by molar-refractivity contribution is 8.01. The summed E-state index contributed by atoms with van der Waals surface area (Å²) in [5, 5.41) is 9.34. The zero-order valence-corrected chi connectivity index (χ0v) is 23.0. The van der Waals surface area contributed by atoms with Gasteiger partial charge in [0.05, 0.1) is 28.3 Å². The molecule has 0 radical (unpaired) electrons. The van der Waals surface area contributed by atoms with Crippen molar-refractivity contribution in [2.75, 3.05) is 45.7 Å². The number of hydroxylamine groups is 1. The second kappa shape index (κ2) is 12.5. The molecule has 1 fully saturated rings. The summed E-state index contributed by atoms with van der Waals surface area (Å²) in [6.45, 7) is 2.48. The van der Waals surface area contributed by atoms with Gasteiger partial charge in [0.2, 0.25) is 0 Å². The van der Waals surface area contributed by atoms with Gasteiger partial charge in [0.15, 0.2) is 18.9 Å². The minimum atomic E-state index is -4.06. The van der Waals surface area contributed by atoms with Crippen molar-refractivity contribution in [1.29, 1.82) is 0 Å². The third-order valence-corrected chi connectivity index (χ3v) is 11.3. The molecule has 2 heterocycles. The fourth-order valence-corrected chi connectivity index (χ4v) is 8.35. The summed E-state index contributed by atoms with van der Waals surface area (Å²) < 4.78 is 38.5. The normalized spacial score (nSPS) is 16.1. The number of amides is 1. The number of nitrogens with zero attached hydrogens (tertiary/aromatic N) is 2. The highest BCUT2D eigenvalue weighted by Gasteiger charge is 2.52. The molecule has 0 aliphatic carbocycles. The van der Waals surface area contributed by atoms with E-state index in [-0.39, 0.29) is 17.7 Å². The number of methoxy groups -OCH3 is 1. The molecule has 2 aromatic carbocycles. The maximum Gasteiger partial charge on any atom is 0.265 e. The van der Waals surface area contributed by atoms with Crippen molar-refractivity contribution in [3.8, 4) is 5.75 Å². The minimum absolute atomic E-state index is 0.0279. The molecule has 4 rings (SSSR count). The molecule has 37 heavy (non-hydrogen) atoms. The summed E-state index contributed by atoms with van der Waals surface area (Å²) in [5.41, 5.74) is 2.60. The van der Waals surface area contributed by atoms with Crippen LogP contribution in [0.5, 0.6) is 5.75 Å². The first kappa shape index (κ1) is 27.8. The zero-order chi connectivity index (χ0) is 26.3. The lowest BCUT2D eigenvalue weighted by molar-refractivity contribution is -0.133. The number of carbonyl (C=O) groups excluding carboxylic acids is 1. The first-order valence-electron chi connectivity index (χ1n) is 12.0. The Labute approximate surface area is 225 Å². The van der Waals surface area contributed by atoms with Crippen molar-refractivity contribution in [3.63, 3.8) is 0 Å². The highest BCUT2D eigenvalue weighted by atomic mass is 32.2. The van der Waals surface area contributed by atoms with Gasteiger partial charge in [0.1, 0.15) is 5.75 Å². The molecular weight excluding hydrogens is 534 g/mol. The quantitative estimate of drug-likeness (QED) is 0.147. The molecule has 1 aliphatic heterocycles. The van der Waals surface area contributed by atoms with E-state index in [4.69, 9.17) is 9.47 Å². The number of thioether (sulfide) groups is 1. The Morgan fingerprint density at radius 2 is 1.89 bits per heavy atom. The molecule has 9 nitrogen and oxygen atoms in total. The molecule has 0 unspecified atom stereocenters. The number of nitrogens with one attached hydrogen (secondary N) is 1. The second-order valence-corrected chi connectivity index (χ2v) is 13.4. The summed E-state index contributed by atoms with van der Waals surface area (Å²) in [6, 6.07) is 14.2. The SMILES string of the molecule is COCCN1CCC(C(=O)NO)(S(=O)(=O)c2ccc(OCCCSc3nc4ccccc4s3)cc2)CC1. The number of fused-ring (bicyclic) bond motifs is 1. The van der Waals surface area contributed by atoms with E-state index >= 15 is 0 Å². The van der Waals surface area contributed by atoms with Gasteiger partial charge in [-0.15, -0.1) is 11.3 Å². The van der Waals surface area contributed by atoms with Crippen molar-refractivity contribution >= 4 is 49.1 Å². The fraction of sp³-hybridized carbons (Fsp3) is 0.440. The topological polar surface area (TPSA) is 118 Å². The van der Waals surface area contributed by atoms with Gasteiger partial charge in [0, 0.05) is 32.5 Å². The van der Waals surface area contributed by atoms with Gasteiger partial charge in [-0.3, -0.25) is 10.0 Å². The number of ether oxygens (including phenoxy) is 2. The number of sulfone groups is 1. The van der Waals surface area contributed by atoms with Crippen molar-refractivity contribution in [2.45, 2.75) is 33.2 Å². The number of thiazole rings is 1. The van der Waals surface area contributed by atoms with E-state index in [0.717, 1.165) is 22.0 Å². The summed E-state index contributed by atoms with van der Waals surface area (Å²) in [5.74, 6) is 0.510. The maximum absolute atomic E-state index is 13.6. The van der Waals surface area contributed by atoms with Crippen LogP contribution in [0.1, 0.15) is 19.3 Å². The van der Waals surface area contributed by atoms with Crippen molar-refractivity contribution < 1.29 is 27.9 Å². The van der Waals surface area contributed by atoms with E-state index in [2.05, 4.69) is 11.1 Å². The number of carbonyl (C=O) groups is 1. The number of rotatable bonds is 12. The molecule has 1 saturated heterocycles. The van der Waals surface area contributed by atoms with Gasteiger partial charge in [-0.2, -0.15) is 0 Å².